The number of hydrogen-bond acceptors (Lipinski definition) is 4. The van der Waals surface area contributed by atoms with Gasteiger partial charge in [-0.15, -0.1) is 0 Å². The van der Waals surface area contributed by atoms with Crippen molar-refractivity contribution < 1.29 is 9.59 Å². The first kappa shape index (κ1) is 18.1. The van der Waals surface area contributed by atoms with E-state index in [1.54, 1.807) is 24.3 Å². The van der Waals surface area contributed by atoms with Crippen LogP contribution in [0.4, 0.5) is 11.4 Å². The summed E-state index contributed by atoms with van der Waals surface area (Å²) in [5, 5.41) is 5.58. The Hall–Kier alpha value is -1.92. The molecular formula is C16H26N4O2. The predicted octanol–water partition coefficient (Wildman–Crippen LogP) is 1.64. The maximum Gasteiger partial charge on any atom is 0.241 e. The first-order valence-corrected chi connectivity index (χ1v) is 7.53. The van der Waals surface area contributed by atoms with E-state index < -0.39 is 6.04 Å². The monoisotopic (exact) mass is 306 g/mol. The molecule has 0 saturated carbocycles. The Bertz CT molecular complexity index is 485. The minimum Gasteiger partial charge on any atom is -0.326 e. The highest BCUT2D eigenvalue weighted by atomic mass is 16.2. The van der Waals surface area contributed by atoms with Crippen LogP contribution < -0.4 is 16.4 Å². The summed E-state index contributed by atoms with van der Waals surface area (Å²) in [6, 6.07) is 6.52. The normalized spacial score (nSPS) is 12.0. The van der Waals surface area contributed by atoms with Gasteiger partial charge in [0.25, 0.3) is 0 Å². The van der Waals surface area contributed by atoms with E-state index in [9.17, 15) is 9.59 Å². The van der Waals surface area contributed by atoms with Crippen molar-refractivity contribution in [1.29, 1.82) is 0 Å². The molecule has 0 bridgehead atoms. The molecule has 0 aliphatic heterocycles. The molecule has 6 heteroatoms. The van der Waals surface area contributed by atoms with E-state index in [2.05, 4.69) is 10.6 Å². The van der Waals surface area contributed by atoms with E-state index in [0.717, 1.165) is 6.42 Å². The summed E-state index contributed by atoms with van der Waals surface area (Å²) in [5.74, 6) is -0.222. The molecule has 1 rings (SSSR count). The number of nitrogens with two attached hydrogens (primary N) is 1. The lowest BCUT2D eigenvalue weighted by Gasteiger charge is -2.12. The van der Waals surface area contributed by atoms with Crippen molar-refractivity contribution in [3.05, 3.63) is 24.3 Å². The molecule has 1 unspecified atom stereocenters. The maximum absolute atomic E-state index is 11.8. The number of benzene rings is 1. The predicted molar refractivity (Wildman–Crippen MR) is 89.8 cm³/mol. The van der Waals surface area contributed by atoms with Crippen LogP contribution in [-0.4, -0.2) is 43.4 Å². The Labute approximate surface area is 132 Å². The van der Waals surface area contributed by atoms with Gasteiger partial charge in [0.15, 0.2) is 0 Å². The van der Waals surface area contributed by atoms with Gasteiger partial charge >= 0.3 is 0 Å². The van der Waals surface area contributed by atoms with Crippen LogP contribution in [0.5, 0.6) is 0 Å². The molecule has 0 heterocycles. The smallest absolute Gasteiger partial charge is 0.241 e. The van der Waals surface area contributed by atoms with Gasteiger partial charge in [-0.05, 0) is 44.8 Å². The fourth-order valence-electron chi connectivity index (χ4n) is 1.86. The molecule has 22 heavy (non-hydrogen) atoms. The molecule has 122 valence electrons. The molecule has 1 atom stereocenters. The molecule has 2 amide bonds. The average Bonchev–Trinajstić information content (AvgIpc) is 2.47. The number of rotatable bonds is 8. The third-order valence-corrected chi connectivity index (χ3v) is 3.16. The molecular weight excluding hydrogens is 280 g/mol. The SMILES string of the molecule is CCCC(N)C(=O)Nc1ccc(NC(=O)CCN(C)C)cc1. The molecule has 4 N–H and O–H groups in total. The first-order valence-electron chi connectivity index (χ1n) is 7.53. The second-order valence-electron chi connectivity index (χ2n) is 5.56. The molecule has 0 fully saturated rings. The molecule has 0 aliphatic carbocycles. The van der Waals surface area contributed by atoms with E-state index in [1.807, 2.05) is 25.9 Å². The van der Waals surface area contributed by atoms with Crippen LogP contribution in [0.25, 0.3) is 0 Å². The summed E-state index contributed by atoms with van der Waals surface area (Å²) < 4.78 is 0. The van der Waals surface area contributed by atoms with Crippen molar-refractivity contribution in [2.75, 3.05) is 31.3 Å². The molecule has 1 aromatic carbocycles. The lowest BCUT2D eigenvalue weighted by atomic mass is 10.1. The van der Waals surface area contributed by atoms with Gasteiger partial charge in [-0.1, -0.05) is 13.3 Å². The minimum absolute atomic E-state index is 0.0320. The minimum atomic E-state index is -0.490. The molecule has 0 aliphatic rings. The van der Waals surface area contributed by atoms with E-state index in [-0.39, 0.29) is 11.8 Å². The maximum atomic E-state index is 11.8. The highest BCUT2D eigenvalue weighted by Crippen LogP contribution is 2.14. The standard InChI is InChI=1S/C16H26N4O2/c1-4-5-14(17)16(22)19-13-8-6-12(7-9-13)18-15(21)10-11-20(2)3/h6-9,14H,4-5,10-11,17H2,1-3H3,(H,18,21)(H,19,22). The fourth-order valence-corrected chi connectivity index (χ4v) is 1.86. The highest BCUT2D eigenvalue weighted by molar-refractivity contribution is 5.95. The van der Waals surface area contributed by atoms with Crippen molar-refractivity contribution >= 4 is 23.2 Å². The van der Waals surface area contributed by atoms with Crippen LogP contribution in [0.15, 0.2) is 24.3 Å². The fraction of sp³-hybridized carbons (Fsp3) is 0.500. The van der Waals surface area contributed by atoms with Crippen LogP contribution in [0.2, 0.25) is 0 Å². The van der Waals surface area contributed by atoms with Crippen LogP contribution in [0.1, 0.15) is 26.2 Å². The van der Waals surface area contributed by atoms with Crippen molar-refractivity contribution in [2.24, 2.45) is 5.73 Å². The summed E-state index contributed by atoms with van der Waals surface area (Å²) in [4.78, 5) is 25.5. The molecule has 0 spiro atoms. The van der Waals surface area contributed by atoms with Crippen molar-refractivity contribution in [1.82, 2.24) is 4.90 Å². The Balaban J connectivity index is 2.49. The second kappa shape index (κ2) is 9.17. The second-order valence-corrected chi connectivity index (χ2v) is 5.56. The summed E-state index contributed by atoms with van der Waals surface area (Å²) in [7, 11) is 3.85. The van der Waals surface area contributed by atoms with Crippen LogP contribution in [0, 0.1) is 0 Å². The number of nitrogens with zero attached hydrogens (tertiary/aromatic N) is 1. The van der Waals surface area contributed by atoms with E-state index >= 15 is 0 Å². The van der Waals surface area contributed by atoms with Crippen LogP contribution in [0.3, 0.4) is 0 Å². The summed E-state index contributed by atoms with van der Waals surface area (Å²) in [6.07, 6.45) is 1.97. The number of hydrogen-bond donors (Lipinski definition) is 3. The van der Waals surface area contributed by atoms with Gasteiger partial charge in [0.1, 0.15) is 0 Å². The van der Waals surface area contributed by atoms with Gasteiger partial charge in [-0.3, -0.25) is 9.59 Å². The largest absolute Gasteiger partial charge is 0.326 e. The highest BCUT2D eigenvalue weighted by Gasteiger charge is 2.12. The summed E-state index contributed by atoms with van der Waals surface area (Å²) >= 11 is 0. The quantitative estimate of drug-likeness (QED) is 0.681. The van der Waals surface area contributed by atoms with Crippen molar-refractivity contribution in [2.45, 2.75) is 32.2 Å². The van der Waals surface area contributed by atoms with Gasteiger partial charge in [-0.2, -0.15) is 0 Å². The van der Waals surface area contributed by atoms with Gasteiger partial charge in [0.05, 0.1) is 6.04 Å². The third kappa shape index (κ3) is 6.69. The zero-order chi connectivity index (χ0) is 16.5. The Morgan fingerprint density at radius 2 is 1.68 bits per heavy atom. The molecule has 0 saturated heterocycles. The summed E-state index contributed by atoms with van der Waals surface area (Å²) in [5.41, 5.74) is 7.13. The van der Waals surface area contributed by atoms with Gasteiger partial charge in [-0.25, -0.2) is 0 Å². The lowest BCUT2D eigenvalue weighted by molar-refractivity contribution is -0.118. The topological polar surface area (TPSA) is 87.5 Å². The molecule has 0 aromatic heterocycles. The average molecular weight is 306 g/mol. The lowest BCUT2D eigenvalue weighted by Crippen LogP contribution is -2.35. The molecule has 6 nitrogen and oxygen atoms in total. The Morgan fingerprint density at radius 1 is 1.14 bits per heavy atom. The van der Waals surface area contributed by atoms with Gasteiger partial charge in [0, 0.05) is 24.3 Å². The number of carbonyl (C=O) groups is 2. The Morgan fingerprint density at radius 3 is 2.18 bits per heavy atom. The zero-order valence-corrected chi connectivity index (χ0v) is 13.6. The number of amides is 2. The number of carbonyl (C=O) groups excluding carboxylic acids is 2. The Kier molecular flexibility index (Phi) is 7.56. The van der Waals surface area contributed by atoms with Crippen molar-refractivity contribution in [3.8, 4) is 0 Å². The first-order chi connectivity index (χ1) is 10.4. The van der Waals surface area contributed by atoms with E-state index in [4.69, 9.17) is 5.73 Å². The zero-order valence-electron chi connectivity index (χ0n) is 13.6. The number of anilines is 2. The van der Waals surface area contributed by atoms with Crippen molar-refractivity contribution in [3.63, 3.8) is 0 Å². The number of nitrogens with one attached hydrogen (secondary N) is 2. The molecule has 1 aromatic rings. The van der Waals surface area contributed by atoms with Crippen LogP contribution in [-0.2, 0) is 9.59 Å². The van der Waals surface area contributed by atoms with E-state index in [1.165, 1.54) is 0 Å². The third-order valence-electron chi connectivity index (χ3n) is 3.16. The van der Waals surface area contributed by atoms with Gasteiger partial charge in [0.2, 0.25) is 11.8 Å². The van der Waals surface area contributed by atoms with Crippen LogP contribution >= 0.6 is 0 Å². The molecule has 0 radical (unpaired) electrons. The van der Waals surface area contributed by atoms with Gasteiger partial charge < -0.3 is 21.3 Å². The summed E-state index contributed by atoms with van der Waals surface area (Å²) in [6.45, 7) is 2.69. The van der Waals surface area contributed by atoms with E-state index in [0.29, 0.717) is 30.8 Å².